The molecule has 0 aromatic carbocycles. The van der Waals surface area contributed by atoms with E-state index in [1.165, 1.54) is 17.0 Å². The summed E-state index contributed by atoms with van der Waals surface area (Å²) < 4.78 is 2.24. The molecule has 2 aromatic heterocycles. The monoisotopic (exact) mass is 291 g/mol. The zero-order valence-electron chi connectivity index (χ0n) is 11.6. The Morgan fingerprint density at radius 1 is 1.45 bits per heavy atom. The van der Waals surface area contributed by atoms with Gasteiger partial charge in [-0.3, -0.25) is 9.69 Å². The van der Waals surface area contributed by atoms with Crippen molar-refractivity contribution in [2.45, 2.75) is 26.9 Å². The SMILES string of the molecule is Cc1nc2n(c1C)CCN(CC(=O)Nc1nccs1)C2. The first-order valence-corrected chi connectivity index (χ1v) is 7.46. The van der Waals surface area contributed by atoms with Gasteiger partial charge in [0.25, 0.3) is 0 Å². The van der Waals surface area contributed by atoms with Crippen molar-refractivity contribution in [1.82, 2.24) is 19.4 Å². The van der Waals surface area contributed by atoms with Crippen LogP contribution in [-0.2, 0) is 17.9 Å². The lowest BCUT2D eigenvalue weighted by molar-refractivity contribution is -0.117. The zero-order chi connectivity index (χ0) is 14.1. The second-order valence-corrected chi connectivity index (χ2v) is 5.84. The molecule has 1 aliphatic heterocycles. The second kappa shape index (κ2) is 5.34. The van der Waals surface area contributed by atoms with E-state index in [1.54, 1.807) is 6.20 Å². The predicted molar refractivity (Wildman–Crippen MR) is 77.7 cm³/mol. The highest BCUT2D eigenvalue weighted by Gasteiger charge is 2.21. The maximum Gasteiger partial charge on any atom is 0.240 e. The summed E-state index contributed by atoms with van der Waals surface area (Å²) in [5.74, 6) is 1.03. The topological polar surface area (TPSA) is 63.1 Å². The molecule has 2 aromatic rings. The van der Waals surface area contributed by atoms with Crippen LogP contribution in [0.3, 0.4) is 0 Å². The molecule has 0 saturated carbocycles. The Labute approximate surface area is 121 Å². The van der Waals surface area contributed by atoms with Crippen molar-refractivity contribution in [1.29, 1.82) is 0 Å². The van der Waals surface area contributed by atoms with Gasteiger partial charge < -0.3 is 9.88 Å². The number of carbonyl (C=O) groups is 1. The fourth-order valence-electron chi connectivity index (χ4n) is 2.44. The van der Waals surface area contributed by atoms with Crippen LogP contribution in [0.2, 0.25) is 0 Å². The number of aryl methyl sites for hydroxylation is 1. The fourth-order valence-corrected chi connectivity index (χ4v) is 2.99. The molecule has 7 heteroatoms. The van der Waals surface area contributed by atoms with Gasteiger partial charge in [0.15, 0.2) is 5.13 Å². The fraction of sp³-hybridized carbons (Fsp3) is 0.462. The molecule has 3 rings (SSSR count). The highest BCUT2D eigenvalue weighted by atomic mass is 32.1. The van der Waals surface area contributed by atoms with E-state index < -0.39 is 0 Å². The molecule has 20 heavy (non-hydrogen) atoms. The maximum absolute atomic E-state index is 11.9. The first-order valence-electron chi connectivity index (χ1n) is 6.58. The highest BCUT2D eigenvalue weighted by molar-refractivity contribution is 7.13. The van der Waals surface area contributed by atoms with Crippen molar-refractivity contribution in [2.24, 2.45) is 0 Å². The van der Waals surface area contributed by atoms with Gasteiger partial charge in [0.05, 0.1) is 18.8 Å². The van der Waals surface area contributed by atoms with E-state index in [0.29, 0.717) is 11.7 Å². The largest absolute Gasteiger partial charge is 0.330 e. The van der Waals surface area contributed by atoms with E-state index >= 15 is 0 Å². The summed E-state index contributed by atoms with van der Waals surface area (Å²) in [4.78, 5) is 22.7. The Balaban J connectivity index is 1.61. The summed E-state index contributed by atoms with van der Waals surface area (Å²) in [6, 6.07) is 0. The first-order chi connectivity index (χ1) is 9.63. The summed E-state index contributed by atoms with van der Waals surface area (Å²) in [6.45, 7) is 6.99. The van der Waals surface area contributed by atoms with E-state index in [1.807, 2.05) is 12.3 Å². The molecular formula is C13H17N5OS. The normalized spacial score (nSPS) is 15.1. The van der Waals surface area contributed by atoms with E-state index in [9.17, 15) is 4.79 Å². The van der Waals surface area contributed by atoms with E-state index in [4.69, 9.17) is 0 Å². The number of nitrogens with one attached hydrogen (secondary N) is 1. The highest BCUT2D eigenvalue weighted by Crippen LogP contribution is 2.17. The number of carbonyl (C=O) groups excluding carboxylic acids is 1. The summed E-state index contributed by atoms with van der Waals surface area (Å²) >= 11 is 1.43. The molecule has 0 spiro atoms. The van der Waals surface area contributed by atoms with Crippen LogP contribution < -0.4 is 5.32 Å². The lowest BCUT2D eigenvalue weighted by atomic mass is 10.3. The molecular weight excluding hydrogens is 274 g/mol. The van der Waals surface area contributed by atoms with Crippen molar-refractivity contribution in [3.8, 4) is 0 Å². The lowest BCUT2D eigenvalue weighted by Crippen LogP contribution is -2.39. The van der Waals surface area contributed by atoms with Gasteiger partial charge in [-0.1, -0.05) is 0 Å². The third-order valence-corrected chi connectivity index (χ3v) is 4.28. The average Bonchev–Trinajstić information content (AvgIpc) is 2.99. The third-order valence-electron chi connectivity index (χ3n) is 3.59. The molecule has 1 N–H and O–H groups in total. The molecule has 0 aliphatic carbocycles. The molecule has 0 atom stereocenters. The van der Waals surface area contributed by atoms with Crippen molar-refractivity contribution in [3.63, 3.8) is 0 Å². The number of aromatic nitrogens is 3. The van der Waals surface area contributed by atoms with Crippen LogP contribution in [0, 0.1) is 13.8 Å². The molecule has 106 valence electrons. The smallest absolute Gasteiger partial charge is 0.240 e. The molecule has 1 amide bonds. The molecule has 1 aliphatic rings. The quantitative estimate of drug-likeness (QED) is 0.929. The van der Waals surface area contributed by atoms with Gasteiger partial charge in [0, 0.05) is 30.4 Å². The lowest BCUT2D eigenvalue weighted by Gasteiger charge is -2.27. The Morgan fingerprint density at radius 3 is 3.05 bits per heavy atom. The molecule has 0 saturated heterocycles. The van der Waals surface area contributed by atoms with Crippen LogP contribution in [0.15, 0.2) is 11.6 Å². The summed E-state index contributed by atoms with van der Waals surface area (Å²) in [5, 5.41) is 5.31. The summed E-state index contributed by atoms with van der Waals surface area (Å²) in [5.41, 5.74) is 2.31. The minimum atomic E-state index is -0.0200. The number of fused-ring (bicyclic) bond motifs is 1. The Bertz CT molecular complexity index is 619. The van der Waals surface area contributed by atoms with Crippen LogP contribution in [0.4, 0.5) is 5.13 Å². The number of thiazole rings is 1. The Morgan fingerprint density at radius 2 is 2.30 bits per heavy atom. The molecule has 0 unspecified atom stereocenters. The number of anilines is 1. The molecule has 0 bridgehead atoms. The van der Waals surface area contributed by atoms with Gasteiger partial charge in [0.2, 0.25) is 5.91 Å². The van der Waals surface area contributed by atoms with Crippen LogP contribution in [0.1, 0.15) is 17.2 Å². The van der Waals surface area contributed by atoms with Gasteiger partial charge in [-0.15, -0.1) is 11.3 Å². The van der Waals surface area contributed by atoms with Crippen molar-refractivity contribution >= 4 is 22.4 Å². The number of hydrogen-bond donors (Lipinski definition) is 1. The van der Waals surface area contributed by atoms with Crippen molar-refractivity contribution in [3.05, 3.63) is 28.8 Å². The van der Waals surface area contributed by atoms with Gasteiger partial charge in [-0.05, 0) is 13.8 Å². The van der Waals surface area contributed by atoms with Gasteiger partial charge in [-0.2, -0.15) is 0 Å². The Hall–Kier alpha value is -1.73. The molecule has 3 heterocycles. The molecule has 0 radical (unpaired) electrons. The second-order valence-electron chi connectivity index (χ2n) is 4.95. The van der Waals surface area contributed by atoms with Crippen molar-refractivity contribution < 1.29 is 4.79 Å². The standard InChI is InChI=1S/C13H17N5OS/c1-9-10(2)18-5-4-17(7-11(18)15-9)8-12(19)16-13-14-3-6-20-13/h3,6H,4-5,7-8H2,1-2H3,(H,14,16,19). The minimum Gasteiger partial charge on any atom is -0.330 e. The number of nitrogens with zero attached hydrogens (tertiary/aromatic N) is 4. The molecule has 0 fully saturated rings. The molecule has 6 nitrogen and oxygen atoms in total. The van der Waals surface area contributed by atoms with Gasteiger partial charge >= 0.3 is 0 Å². The zero-order valence-corrected chi connectivity index (χ0v) is 12.4. The van der Waals surface area contributed by atoms with Gasteiger partial charge in [-0.25, -0.2) is 9.97 Å². The number of imidazole rings is 1. The third kappa shape index (κ3) is 2.59. The van der Waals surface area contributed by atoms with E-state index in [0.717, 1.165) is 31.2 Å². The van der Waals surface area contributed by atoms with Crippen LogP contribution >= 0.6 is 11.3 Å². The number of hydrogen-bond acceptors (Lipinski definition) is 5. The van der Waals surface area contributed by atoms with Crippen molar-refractivity contribution in [2.75, 3.05) is 18.4 Å². The predicted octanol–water partition coefficient (Wildman–Crippen LogP) is 1.41. The minimum absolute atomic E-state index is 0.0200. The Kier molecular flexibility index (Phi) is 3.54. The summed E-state index contributed by atoms with van der Waals surface area (Å²) in [7, 11) is 0. The first kappa shape index (κ1) is 13.3. The van der Waals surface area contributed by atoms with E-state index in [-0.39, 0.29) is 5.91 Å². The number of amides is 1. The maximum atomic E-state index is 11.9. The van der Waals surface area contributed by atoms with Crippen LogP contribution in [0.5, 0.6) is 0 Å². The van der Waals surface area contributed by atoms with Gasteiger partial charge in [0.1, 0.15) is 5.82 Å². The van der Waals surface area contributed by atoms with Crippen LogP contribution in [0.25, 0.3) is 0 Å². The van der Waals surface area contributed by atoms with Crippen LogP contribution in [-0.4, -0.2) is 38.4 Å². The average molecular weight is 291 g/mol. The van der Waals surface area contributed by atoms with E-state index in [2.05, 4.69) is 31.7 Å². The number of rotatable bonds is 3. The summed E-state index contributed by atoms with van der Waals surface area (Å²) in [6.07, 6.45) is 1.68.